The van der Waals surface area contributed by atoms with E-state index in [9.17, 15) is 9.18 Å². The molecule has 0 saturated carbocycles. The summed E-state index contributed by atoms with van der Waals surface area (Å²) in [6.45, 7) is 3.99. The maximum Gasteiger partial charge on any atom is 0.224 e. The van der Waals surface area contributed by atoms with Crippen molar-refractivity contribution in [2.45, 2.75) is 20.3 Å². The smallest absolute Gasteiger partial charge is 0.224 e. The molecule has 0 fully saturated rings. The number of aromatic nitrogens is 7. The molecule has 3 N–H and O–H groups in total. The molecule has 0 bridgehead atoms. The Morgan fingerprint density at radius 3 is 2.70 bits per heavy atom. The summed E-state index contributed by atoms with van der Waals surface area (Å²) in [6.07, 6.45) is 7.12. The summed E-state index contributed by atoms with van der Waals surface area (Å²) in [7, 11) is 1.49. The number of nitrogens with one attached hydrogen (secondary N) is 3. The van der Waals surface area contributed by atoms with Crippen LogP contribution >= 0.6 is 0 Å². The number of carbonyl (C=O) groups excluding carboxylic acids is 1. The molecule has 1 amide bonds. The van der Waals surface area contributed by atoms with Crippen LogP contribution in [0.1, 0.15) is 20.3 Å². The van der Waals surface area contributed by atoms with Crippen molar-refractivity contribution in [3.05, 3.63) is 67.0 Å². The van der Waals surface area contributed by atoms with Crippen LogP contribution in [0.15, 0.2) is 61.2 Å². The van der Waals surface area contributed by atoms with E-state index in [1.165, 1.54) is 19.2 Å². The third kappa shape index (κ3) is 4.84. The first-order valence-electron chi connectivity index (χ1n) is 12.7. The molecule has 40 heavy (non-hydrogen) atoms. The van der Waals surface area contributed by atoms with E-state index >= 15 is 0 Å². The van der Waals surface area contributed by atoms with Crippen LogP contribution in [0.4, 0.5) is 10.1 Å². The minimum absolute atomic E-state index is 0.0601. The number of aromatic amines is 2. The Balaban J connectivity index is 1.38. The summed E-state index contributed by atoms with van der Waals surface area (Å²) in [6, 6.07) is 10.0. The molecule has 6 rings (SSSR count). The number of ether oxygens (including phenoxy) is 1. The van der Waals surface area contributed by atoms with Crippen LogP contribution in [0.25, 0.3) is 56.0 Å². The van der Waals surface area contributed by atoms with E-state index in [0.29, 0.717) is 51.8 Å². The van der Waals surface area contributed by atoms with Crippen molar-refractivity contribution in [3.63, 3.8) is 0 Å². The molecule has 10 nitrogen and oxygen atoms in total. The highest BCUT2D eigenvalue weighted by atomic mass is 19.1. The van der Waals surface area contributed by atoms with Crippen molar-refractivity contribution in [3.8, 4) is 39.7 Å². The van der Waals surface area contributed by atoms with Crippen molar-refractivity contribution >= 4 is 33.7 Å². The highest BCUT2D eigenvalue weighted by Gasteiger charge is 2.18. The second-order valence-corrected chi connectivity index (χ2v) is 9.82. The van der Waals surface area contributed by atoms with Crippen LogP contribution in [-0.2, 0) is 4.79 Å². The van der Waals surface area contributed by atoms with E-state index in [4.69, 9.17) is 9.72 Å². The molecule has 1 aromatic carbocycles. The van der Waals surface area contributed by atoms with Crippen LogP contribution in [0.5, 0.6) is 5.75 Å². The van der Waals surface area contributed by atoms with E-state index < -0.39 is 5.82 Å². The number of amides is 1. The number of carbonyl (C=O) groups is 1. The van der Waals surface area contributed by atoms with Gasteiger partial charge in [-0.25, -0.2) is 14.4 Å². The Morgan fingerprint density at radius 2 is 1.88 bits per heavy atom. The molecular weight excluding hydrogens is 511 g/mol. The number of imidazole rings is 1. The zero-order valence-electron chi connectivity index (χ0n) is 22.0. The van der Waals surface area contributed by atoms with Gasteiger partial charge in [0.25, 0.3) is 0 Å². The standard InChI is InChI=1S/C29H25FN8O2/c1-15(2)6-24(39)34-20-8-17(12-31-14-20)18-10-22-26(37-38-28(22)33-13-18)29-35-23-4-5-32-25(27(23)36-29)16-7-19(30)11-21(9-16)40-3/h4-5,7-15H,6H2,1-3H3,(H,34,39)(H,35,36)(H,33,37,38). The lowest BCUT2D eigenvalue weighted by Gasteiger charge is -2.08. The Hall–Kier alpha value is -5.19. The zero-order valence-corrected chi connectivity index (χ0v) is 22.0. The first kappa shape index (κ1) is 25.1. The lowest BCUT2D eigenvalue weighted by atomic mass is 10.1. The minimum Gasteiger partial charge on any atom is -0.497 e. The average molecular weight is 537 g/mol. The monoisotopic (exact) mass is 536 g/mol. The maximum absolute atomic E-state index is 14.2. The molecule has 11 heteroatoms. The lowest BCUT2D eigenvalue weighted by molar-refractivity contribution is -0.116. The Kier molecular flexibility index (Phi) is 6.39. The second kappa shape index (κ2) is 10.2. The van der Waals surface area contributed by atoms with Crippen molar-refractivity contribution in [1.29, 1.82) is 0 Å². The lowest BCUT2D eigenvalue weighted by Crippen LogP contribution is -2.13. The minimum atomic E-state index is -0.432. The number of hydrogen-bond acceptors (Lipinski definition) is 7. The van der Waals surface area contributed by atoms with Gasteiger partial charge in [0.1, 0.15) is 22.8 Å². The molecule has 0 atom stereocenters. The molecule has 0 aliphatic heterocycles. The van der Waals surface area contributed by atoms with Gasteiger partial charge in [-0.15, -0.1) is 0 Å². The van der Waals surface area contributed by atoms with E-state index in [2.05, 4.69) is 35.5 Å². The summed E-state index contributed by atoms with van der Waals surface area (Å²) in [5.74, 6) is 0.656. The average Bonchev–Trinajstić information content (AvgIpc) is 3.56. The normalized spacial score (nSPS) is 11.4. The number of nitrogens with zero attached hydrogens (tertiary/aromatic N) is 5. The summed E-state index contributed by atoms with van der Waals surface area (Å²) < 4.78 is 19.5. The van der Waals surface area contributed by atoms with Gasteiger partial charge >= 0.3 is 0 Å². The van der Waals surface area contributed by atoms with Gasteiger partial charge in [-0.2, -0.15) is 5.10 Å². The SMILES string of the molecule is COc1cc(F)cc(-c2nccc3[nH]c(-c4n[nH]c5ncc(-c6cncc(NC(=O)CC(C)C)c6)cc45)nc23)c1. The maximum atomic E-state index is 14.2. The van der Waals surface area contributed by atoms with Gasteiger partial charge in [-0.3, -0.25) is 19.9 Å². The Bertz CT molecular complexity index is 1880. The van der Waals surface area contributed by atoms with Crippen molar-refractivity contribution in [2.24, 2.45) is 5.92 Å². The fraction of sp³-hybridized carbons (Fsp3) is 0.172. The molecule has 5 aromatic heterocycles. The number of H-pyrrole nitrogens is 2. The van der Waals surface area contributed by atoms with Gasteiger partial charge in [0.2, 0.25) is 5.91 Å². The summed E-state index contributed by atoms with van der Waals surface area (Å²) in [5, 5.41) is 11.1. The highest BCUT2D eigenvalue weighted by molar-refractivity contribution is 5.96. The van der Waals surface area contributed by atoms with Crippen LogP contribution in [0, 0.1) is 11.7 Å². The molecule has 0 radical (unpaired) electrons. The Morgan fingerprint density at radius 1 is 1.02 bits per heavy atom. The van der Waals surface area contributed by atoms with Crippen molar-refractivity contribution in [1.82, 2.24) is 35.1 Å². The first-order chi connectivity index (χ1) is 19.4. The third-order valence-electron chi connectivity index (χ3n) is 6.37. The molecule has 0 aliphatic rings. The number of fused-ring (bicyclic) bond motifs is 2. The van der Waals surface area contributed by atoms with E-state index in [-0.39, 0.29) is 11.8 Å². The number of methoxy groups -OCH3 is 1. The van der Waals surface area contributed by atoms with E-state index in [1.807, 2.05) is 26.0 Å². The van der Waals surface area contributed by atoms with E-state index in [0.717, 1.165) is 22.0 Å². The summed E-state index contributed by atoms with van der Waals surface area (Å²) in [5.41, 5.74) is 5.70. The molecule has 5 heterocycles. The molecule has 0 aliphatic carbocycles. The summed E-state index contributed by atoms with van der Waals surface area (Å²) in [4.78, 5) is 33.6. The van der Waals surface area contributed by atoms with Crippen LogP contribution < -0.4 is 10.1 Å². The molecule has 6 aromatic rings. The van der Waals surface area contributed by atoms with Crippen LogP contribution in [0.3, 0.4) is 0 Å². The molecular formula is C29H25FN8O2. The largest absolute Gasteiger partial charge is 0.497 e. The fourth-order valence-corrected chi connectivity index (χ4v) is 4.57. The predicted molar refractivity (Wildman–Crippen MR) is 150 cm³/mol. The van der Waals surface area contributed by atoms with Gasteiger partial charge < -0.3 is 15.0 Å². The molecule has 0 saturated heterocycles. The third-order valence-corrected chi connectivity index (χ3v) is 6.37. The highest BCUT2D eigenvalue weighted by Crippen LogP contribution is 2.33. The first-order valence-corrected chi connectivity index (χ1v) is 12.7. The number of anilines is 1. The molecule has 0 unspecified atom stereocenters. The van der Waals surface area contributed by atoms with E-state index in [1.54, 1.807) is 36.9 Å². The number of rotatable bonds is 7. The zero-order chi connectivity index (χ0) is 27.8. The number of pyridine rings is 3. The van der Waals surface area contributed by atoms with Crippen LogP contribution in [0.2, 0.25) is 0 Å². The van der Waals surface area contributed by atoms with Crippen molar-refractivity contribution in [2.75, 3.05) is 12.4 Å². The topological polar surface area (TPSA) is 134 Å². The van der Waals surface area contributed by atoms with Gasteiger partial charge in [0.05, 0.1) is 35.6 Å². The van der Waals surface area contributed by atoms with Gasteiger partial charge in [0.15, 0.2) is 11.5 Å². The van der Waals surface area contributed by atoms with Gasteiger partial charge in [-0.05, 0) is 36.2 Å². The van der Waals surface area contributed by atoms with Crippen LogP contribution in [-0.4, -0.2) is 48.1 Å². The Labute approximate surface area is 228 Å². The molecule has 0 spiro atoms. The predicted octanol–water partition coefficient (Wildman–Crippen LogP) is 5.76. The number of benzene rings is 1. The fourth-order valence-electron chi connectivity index (χ4n) is 4.57. The van der Waals surface area contributed by atoms with Gasteiger partial charge in [-0.1, -0.05) is 13.8 Å². The summed E-state index contributed by atoms with van der Waals surface area (Å²) >= 11 is 0. The molecule has 200 valence electrons. The van der Waals surface area contributed by atoms with Gasteiger partial charge in [0, 0.05) is 47.8 Å². The number of halogens is 1. The van der Waals surface area contributed by atoms with Crippen molar-refractivity contribution < 1.29 is 13.9 Å². The second-order valence-electron chi connectivity index (χ2n) is 9.82. The number of hydrogen-bond donors (Lipinski definition) is 3. The quantitative estimate of drug-likeness (QED) is 0.236.